The Hall–Kier alpha value is -0.618. The second-order valence-electron chi connectivity index (χ2n) is 6.56. The molecule has 0 heterocycles. The first-order valence-electron chi connectivity index (χ1n) is 6.68. The number of benzene rings is 1. The first kappa shape index (κ1) is 16.4. The van der Waals surface area contributed by atoms with Gasteiger partial charge in [-0.25, -0.2) is 0 Å². The van der Waals surface area contributed by atoms with Crippen LogP contribution in [0.4, 0.5) is 0 Å². The zero-order chi connectivity index (χ0) is 14.8. The third kappa shape index (κ3) is 4.18. The first-order valence-corrected chi connectivity index (χ1v) is 9.59. The molecule has 0 aliphatic carbocycles. The molecule has 1 aromatic rings. The summed E-state index contributed by atoms with van der Waals surface area (Å²) in [6.45, 7) is 13.2. The fraction of sp³-hybridized carbons (Fsp3) is 0.571. The molecule has 0 saturated heterocycles. The Kier molecular flexibility index (Phi) is 5.01. The van der Waals surface area contributed by atoms with Gasteiger partial charge < -0.3 is 14.5 Å². The molecule has 106 valence electrons. The number of hydrogen-bond acceptors (Lipinski definition) is 3. The second-order valence-corrected chi connectivity index (χ2v) is 11.3. The molecule has 0 saturated carbocycles. The lowest BCUT2D eigenvalue weighted by atomic mass is 9.80. The van der Waals surface area contributed by atoms with Crippen molar-refractivity contribution < 1.29 is 14.5 Å². The SMILES string of the molecule is CC(O[Si](C)(C)C(C)(C)C)c1ccc(B(O)O)cc1. The summed E-state index contributed by atoms with van der Waals surface area (Å²) in [5.74, 6) is 0. The zero-order valence-corrected chi connectivity index (χ0v) is 13.8. The van der Waals surface area contributed by atoms with Crippen LogP contribution in [0.2, 0.25) is 18.1 Å². The van der Waals surface area contributed by atoms with Crippen molar-refractivity contribution in [1.82, 2.24) is 0 Å². The van der Waals surface area contributed by atoms with E-state index in [1.54, 1.807) is 12.1 Å². The number of hydrogen-bond donors (Lipinski definition) is 2. The third-order valence-corrected chi connectivity index (χ3v) is 8.54. The van der Waals surface area contributed by atoms with Crippen molar-refractivity contribution in [2.75, 3.05) is 0 Å². The lowest BCUT2D eigenvalue weighted by Gasteiger charge is -2.38. The zero-order valence-electron chi connectivity index (χ0n) is 12.8. The molecule has 3 nitrogen and oxygen atoms in total. The summed E-state index contributed by atoms with van der Waals surface area (Å²) in [5, 5.41) is 18.3. The highest BCUT2D eigenvalue weighted by molar-refractivity contribution is 6.74. The fourth-order valence-electron chi connectivity index (χ4n) is 1.63. The Morgan fingerprint density at radius 3 is 1.95 bits per heavy atom. The van der Waals surface area contributed by atoms with Crippen LogP contribution in [0.1, 0.15) is 39.4 Å². The van der Waals surface area contributed by atoms with Crippen molar-refractivity contribution in [3.63, 3.8) is 0 Å². The van der Waals surface area contributed by atoms with Gasteiger partial charge in [-0.15, -0.1) is 0 Å². The monoisotopic (exact) mass is 280 g/mol. The Bertz CT molecular complexity index is 410. The molecule has 0 aliphatic rings. The average Bonchev–Trinajstić information content (AvgIpc) is 2.27. The Labute approximate surface area is 117 Å². The predicted octanol–water partition coefficient (Wildman–Crippen LogP) is 2.45. The summed E-state index contributed by atoms with van der Waals surface area (Å²) in [6.07, 6.45) is 0.0192. The Balaban J connectivity index is 2.81. The van der Waals surface area contributed by atoms with E-state index in [1.165, 1.54) is 0 Å². The summed E-state index contributed by atoms with van der Waals surface area (Å²) >= 11 is 0. The van der Waals surface area contributed by atoms with E-state index in [0.717, 1.165) is 5.56 Å². The van der Waals surface area contributed by atoms with E-state index in [1.807, 2.05) is 19.1 Å². The van der Waals surface area contributed by atoms with Crippen molar-refractivity contribution in [3.05, 3.63) is 29.8 Å². The van der Waals surface area contributed by atoms with E-state index in [0.29, 0.717) is 5.46 Å². The highest BCUT2D eigenvalue weighted by atomic mass is 28.4. The van der Waals surface area contributed by atoms with E-state index in [2.05, 4.69) is 33.9 Å². The second kappa shape index (κ2) is 5.79. The van der Waals surface area contributed by atoms with Crippen molar-refractivity contribution in [3.8, 4) is 0 Å². The molecule has 0 bridgehead atoms. The van der Waals surface area contributed by atoms with Gasteiger partial charge in [-0.2, -0.15) is 0 Å². The predicted molar refractivity (Wildman–Crippen MR) is 83.0 cm³/mol. The van der Waals surface area contributed by atoms with Crippen LogP contribution in [0.3, 0.4) is 0 Å². The van der Waals surface area contributed by atoms with Crippen LogP contribution in [0.25, 0.3) is 0 Å². The minimum Gasteiger partial charge on any atom is -0.423 e. The van der Waals surface area contributed by atoms with Crippen molar-refractivity contribution >= 4 is 20.9 Å². The topological polar surface area (TPSA) is 49.7 Å². The van der Waals surface area contributed by atoms with Crippen LogP contribution in [0.5, 0.6) is 0 Å². The summed E-state index contributed by atoms with van der Waals surface area (Å²) in [6, 6.07) is 7.25. The Morgan fingerprint density at radius 1 is 1.11 bits per heavy atom. The van der Waals surface area contributed by atoms with Crippen LogP contribution in [-0.2, 0) is 4.43 Å². The quantitative estimate of drug-likeness (QED) is 0.833. The molecular weight excluding hydrogens is 255 g/mol. The molecule has 1 rings (SSSR count). The normalized spacial score (nSPS) is 14.3. The molecule has 1 atom stereocenters. The lowest BCUT2D eigenvalue weighted by molar-refractivity contribution is 0.203. The maximum atomic E-state index is 9.08. The standard InChI is InChI=1S/C14H25BO3Si/c1-11(18-19(5,6)14(2,3)4)12-7-9-13(10-8-12)15(16)17/h7-11,16-17H,1-6H3. The highest BCUT2D eigenvalue weighted by Crippen LogP contribution is 2.39. The molecule has 1 aromatic carbocycles. The molecule has 0 spiro atoms. The van der Waals surface area contributed by atoms with Gasteiger partial charge in [-0.1, -0.05) is 45.0 Å². The van der Waals surface area contributed by atoms with Crippen LogP contribution < -0.4 is 5.46 Å². The molecule has 1 unspecified atom stereocenters. The summed E-state index contributed by atoms with van der Waals surface area (Å²) in [5.41, 5.74) is 1.57. The smallest absolute Gasteiger partial charge is 0.423 e. The summed E-state index contributed by atoms with van der Waals surface area (Å²) in [4.78, 5) is 0. The van der Waals surface area contributed by atoms with Crippen molar-refractivity contribution in [2.24, 2.45) is 0 Å². The maximum Gasteiger partial charge on any atom is 0.488 e. The van der Waals surface area contributed by atoms with Gasteiger partial charge >= 0.3 is 7.12 Å². The molecule has 5 heteroatoms. The molecule has 0 radical (unpaired) electrons. The maximum absolute atomic E-state index is 9.08. The molecule has 2 N–H and O–H groups in total. The van der Waals surface area contributed by atoms with E-state index in [4.69, 9.17) is 14.5 Å². The van der Waals surface area contributed by atoms with Gasteiger partial charge in [0.2, 0.25) is 0 Å². The van der Waals surface area contributed by atoms with Gasteiger partial charge in [0.25, 0.3) is 0 Å². The van der Waals surface area contributed by atoms with Gasteiger partial charge in [-0.3, -0.25) is 0 Å². The largest absolute Gasteiger partial charge is 0.488 e. The molecule has 0 fully saturated rings. The van der Waals surface area contributed by atoms with E-state index in [9.17, 15) is 0 Å². The third-order valence-electron chi connectivity index (χ3n) is 3.98. The minimum atomic E-state index is -1.78. The molecule has 0 aliphatic heterocycles. The molecule has 0 amide bonds. The van der Waals surface area contributed by atoms with Gasteiger partial charge in [0.05, 0.1) is 6.10 Å². The summed E-state index contributed by atoms with van der Waals surface area (Å²) in [7, 11) is -3.20. The average molecular weight is 280 g/mol. The summed E-state index contributed by atoms with van der Waals surface area (Å²) < 4.78 is 6.30. The lowest BCUT2D eigenvalue weighted by Crippen LogP contribution is -2.41. The molecular formula is C14H25BO3Si. The van der Waals surface area contributed by atoms with E-state index < -0.39 is 15.4 Å². The van der Waals surface area contributed by atoms with Gasteiger partial charge in [0.15, 0.2) is 8.32 Å². The van der Waals surface area contributed by atoms with E-state index in [-0.39, 0.29) is 11.1 Å². The van der Waals surface area contributed by atoms with E-state index >= 15 is 0 Å². The van der Waals surface area contributed by atoms with Crippen LogP contribution in [-0.4, -0.2) is 25.5 Å². The first-order chi connectivity index (χ1) is 8.54. The highest BCUT2D eigenvalue weighted by Gasteiger charge is 2.38. The van der Waals surface area contributed by atoms with Crippen molar-refractivity contribution in [1.29, 1.82) is 0 Å². The van der Waals surface area contributed by atoms with Crippen molar-refractivity contribution in [2.45, 2.75) is 51.9 Å². The molecule has 19 heavy (non-hydrogen) atoms. The van der Waals surface area contributed by atoms with Crippen LogP contribution in [0, 0.1) is 0 Å². The van der Waals surface area contributed by atoms with Gasteiger partial charge in [-0.05, 0) is 36.1 Å². The van der Waals surface area contributed by atoms with Gasteiger partial charge in [0.1, 0.15) is 0 Å². The van der Waals surface area contributed by atoms with Gasteiger partial charge in [0, 0.05) is 0 Å². The minimum absolute atomic E-state index is 0.0192. The molecule has 0 aromatic heterocycles. The van der Waals surface area contributed by atoms with Crippen LogP contribution in [0.15, 0.2) is 24.3 Å². The fourth-order valence-corrected chi connectivity index (χ4v) is 3.00. The van der Waals surface area contributed by atoms with Crippen LogP contribution >= 0.6 is 0 Å². The Morgan fingerprint density at radius 2 is 1.58 bits per heavy atom. The number of rotatable bonds is 4.